The molecular formula is C23H31N3O4S2. The van der Waals surface area contributed by atoms with Crippen LogP contribution in [0.25, 0.3) is 0 Å². The maximum Gasteiger partial charge on any atom is 0.261 e. The van der Waals surface area contributed by atoms with Gasteiger partial charge >= 0.3 is 0 Å². The lowest BCUT2D eigenvalue weighted by molar-refractivity contribution is -0.132. The number of thiophene rings is 1. The first-order valence-electron chi connectivity index (χ1n) is 10.8. The van der Waals surface area contributed by atoms with E-state index in [2.05, 4.69) is 5.32 Å². The van der Waals surface area contributed by atoms with Crippen LogP contribution < -0.4 is 5.32 Å². The molecule has 1 aliphatic rings. The van der Waals surface area contributed by atoms with E-state index in [0.717, 1.165) is 22.3 Å². The number of nitrogens with zero attached hydrogens (tertiary/aromatic N) is 2. The molecule has 0 radical (unpaired) electrons. The van der Waals surface area contributed by atoms with Gasteiger partial charge in [-0.1, -0.05) is 12.1 Å². The summed E-state index contributed by atoms with van der Waals surface area (Å²) in [5, 5.41) is 4.67. The Hall–Kier alpha value is -2.23. The van der Waals surface area contributed by atoms with Gasteiger partial charge in [0, 0.05) is 39.1 Å². The lowest BCUT2D eigenvalue weighted by Crippen LogP contribution is -2.50. The Kier molecular flexibility index (Phi) is 7.74. The second-order valence-corrected chi connectivity index (χ2v) is 11.0. The second-order valence-electron chi connectivity index (χ2n) is 8.21. The van der Waals surface area contributed by atoms with Crippen molar-refractivity contribution >= 4 is 33.2 Å². The van der Waals surface area contributed by atoms with E-state index in [1.165, 1.54) is 15.6 Å². The van der Waals surface area contributed by atoms with Gasteiger partial charge in [-0.25, -0.2) is 8.42 Å². The molecule has 9 heteroatoms. The highest BCUT2D eigenvalue weighted by atomic mass is 32.2. The predicted octanol–water partition coefficient (Wildman–Crippen LogP) is 3.02. The first-order chi connectivity index (χ1) is 15.1. The van der Waals surface area contributed by atoms with E-state index >= 15 is 0 Å². The number of sulfonamides is 1. The predicted molar refractivity (Wildman–Crippen MR) is 127 cm³/mol. The van der Waals surface area contributed by atoms with Crippen molar-refractivity contribution < 1.29 is 18.0 Å². The van der Waals surface area contributed by atoms with Gasteiger partial charge in [0.15, 0.2) is 0 Å². The lowest BCUT2D eigenvalue weighted by Gasteiger charge is -2.35. The van der Waals surface area contributed by atoms with Gasteiger partial charge in [0.1, 0.15) is 0 Å². The lowest BCUT2D eigenvalue weighted by atomic mass is 10.0. The average molecular weight is 478 g/mol. The van der Waals surface area contributed by atoms with Crippen LogP contribution >= 0.6 is 11.3 Å². The maximum absolute atomic E-state index is 13.4. The van der Waals surface area contributed by atoms with Crippen molar-refractivity contribution in [1.82, 2.24) is 14.5 Å². The Labute approximate surface area is 194 Å². The van der Waals surface area contributed by atoms with Crippen molar-refractivity contribution in [3.63, 3.8) is 0 Å². The monoisotopic (exact) mass is 477 g/mol. The van der Waals surface area contributed by atoms with Gasteiger partial charge < -0.3 is 10.2 Å². The second kappa shape index (κ2) is 10.1. The van der Waals surface area contributed by atoms with Crippen LogP contribution in [0.2, 0.25) is 0 Å². The van der Waals surface area contributed by atoms with E-state index in [1.54, 1.807) is 11.0 Å². The molecule has 3 rings (SSSR count). The Morgan fingerprint density at radius 1 is 1.03 bits per heavy atom. The van der Waals surface area contributed by atoms with Gasteiger partial charge in [-0.05, 0) is 67.8 Å². The topological polar surface area (TPSA) is 86.8 Å². The van der Waals surface area contributed by atoms with Crippen molar-refractivity contribution in [2.75, 3.05) is 32.7 Å². The molecule has 2 aromatic rings. The molecule has 0 atom stereocenters. The molecule has 174 valence electrons. The third-order valence-corrected chi connectivity index (χ3v) is 9.13. The third kappa shape index (κ3) is 5.22. The van der Waals surface area contributed by atoms with Crippen molar-refractivity contribution in [2.45, 2.75) is 45.4 Å². The fourth-order valence-electron chi connectivity index (χ4n) is 3.97. The molecule has 2 heterocycles. The largest absolute Gasteiger partial charge is 0.351 e. The zero-order chi connectivity index (χ0) is 23.5. The Morgan fingerprint density at radius 2 is 1.66 bits per heavy atom. The van der Waals surface area contributed by atoms with E-state index in [4.69, 9.17) is 0 Å². The molecule has 1 aromatic carbocycles. The zero-order valence-corrected chi connectivity index (χ0v) is 20.7. The highest BCUT2D eigenvalue weighted by Gasteiger charge is 2.32. The molecule has 0 bridgehead atoms. The van der Waals surface area contributed by atoms with Crippen molar-refractivity contribution in [3.8, 4) is 0 Å². The van der Waals surface area contributed by atoms with Crippen LogP contribution in [0.4, 0.5) is 0 Å². The first kappa shape index (κ1) is 24.4. The minimum atomic E-state index is -3.62. The summed E-state index contributed by atoms with van der Waals surface area (Å²) in [4.78, 5) is 27.2. The molecule has 1 fully saturated rings. The Balaban J connectivity index is 1.52. The smallest absolute Gasteiger partial charge is 0.261 e. The quantitative estimate of drug-likeness (QED) is 0.621. The number of nitrogens with one attached hydrogen (secondary N) is 1. The summed E-state index contributed by atoms with van der Waals surface area (Å²) in [6.45, 7) is 9.33. The number of piperazine rings is 1. The summed E-state index contributed by atoms with van der Waals surface area (Å²) >= 11 is 1.38. The normalized spacial score (nSPS) is 15.1. The molecular weight excluding hydrogens is 446 g/mol. The van der Waals surface area contributed by atoms with Gasteiger partial charge in [-0.2, -0.15) is 4.31 Å². The van der Waals surface area contributed by atoms with Crippen LogP contribution in [0.15, 0.2) is 28.5 Å². The van der Waals surface area contributed by atoms with Gasteiger partial charge in [0.05, 0.1) is 9.77 Å². The molecule has 1 N–H and O–H groups in total. The molecule has 2 amide bonds. The summed E-state index contributed by atoms with van der Waals surface area (Å²) in [6, 6.07) is 5.61. The average Bonchev–Trinajstić information content (AvgIpc) is 3.30. The molecule has 0 unspecified atom stereocenters. The number of carbonyl (C=O) groups excluding carboxylic acids is 2. The van der Waals surface area contributed by atoms with E-state index in [0.29, 0.717) is 42.2 Å². The SMILES string of the molecule is Cc1cc(C)c(C)c(S(=O)(=O)N2CCN(C(=O)CCCNC(=O)c3cccs3)CC2)c1C. The van der Waals surface area contributed by atoms with Crippen molar-refractivity contribution in [1.29, 1.82) is 0 Å². The molecule has 1 aromatic heterocycles. The number of rotatable bonds is 7. The van der Waals surface area contributed by atoms with Crippen molar-refractivity contribution in [2.24, 2.45) is 0 Å². The van der Waals surface area contributed by atoms with Gasteiger partial charge in [0.25, 0.3) is 5.91 Å². The van der Waals surface area contributed by atoms with Crippen LogP contribution in [-0.4, -0.2) is 62.2 Å². The van der Waals surface area contributed by atoms with Crippen LogP contribution in [0, 0.1) is 27.7 Å². The van der Waals surface area contributed by atoms with Crippen LogP contribution in [0.5, 0.6) is 0 Å². The van der Waals surface area contributed by atoms with Crippen LogP contribution in [0.3, 0.4) is 0 Å². The molecule has 1 saturated heterocycles. The molecule has 0 aliphatic carbocycles. The zero-order valence-electron chi connectivity index (χ0n) is 19.1. The summed E-state index contributed by atoms with van der Waals surface area (Å²) in [7, 11) is -3.62. The molecule has 0 saturated carbocycles. The highest BCUT2D eigenvalue weighted by molar-refractivity contribution is 7.89. The highest BCUT2D eigenvalue weighted by Crippen LogP contribution is 2.29. The van der Waals surface area contributed by atoms with E-state index in [9.17, 15) is 18.0 Å². The van der Waals surface area contributed by atoms with Gasteiger partial charge in [0.2, 0.25) is 15.9 Å². The standard InChI is InChI=1S/C23H31N3O4S2/c1-16-15-17(2)19(4)22(18(16)3)32(29,30)26-12-10-25(11-13-26)21(27)8-5-9-24-23(28)20-7-6-14-31-20/h6-7,14-15H,5,8-13H2,1-4H3,(H,24,28). The number of amides is 2. The Bertz CT molecular complexity index is 1060. The summed E-state index contributed by atoms with van der Waals surface area (Å²) in [6.07, 6.45) is 0.877. The fourth-order valence-corrected chi connectivity index (χ4v) is 6.61. The van der Waals surface area contributed by atoms with Crippen LogP contribution in [-0.2, 0) is 14.8 Å². The van der Waals surface area contributed by atoms with Gasteiger partial charge in [-0.3, -0.25) is 9.59 Å². The Morgan fingerprint density at radius 3 is 2.22 bits per heavy atom. The molecule has 7 nitrogen and oxygen atoms in total. The molecule has 32 heavy (non-hydrogen) atoms. The van der Waals surface area contributed by atoms with Crippen molar-refractivity contribution in [3.05, 3.63) is 50.7 Å². The van der Waals surface area contributed by atoms with E-state index in [-0.39, 0.29) is 24.9 Å². The summed E-state index contributed by atoms with van der Waals surface area (Å²) < 4.78 is 28.2. The van der Waals surface area contributed by atoms with Gasteiger partial charge in [-0.15, -0.1) is 11.3 Å². The molecule has 0 spiro atoms. The molecule has 1 aliphatic heterocycles. The number of aryl methyl sites for hydroxylation is 2. The maximum atomic E-state index is 13.4. The number of benzene rings is 1. The number of carbonyl (C=O) groups is 2. The van der Waals surface area contributed by atoms with E-state index < -0.39 is 10.0 Å². The number of hydrogen-bond acceptors (Lipinski definition) is 5. The minimum Gasteiger partial charge on any atom is -0.351 e. The third-order valence-electron chi connectivity index (χ3n) is 6.08. The summed E-state index contributed by atoms with van der Waals surface area (Å²) in [5.74, 6) is -0.130. The first-order valence-corrected chi connectivity index (χ1v) is 13.1. The summed E-state index contributed by atoms with van der Waals surface area (Å²) in [5.41, 5.74) is 3.51. The fraction of sp³-hybridized carbons (Fsp3) is 0.478. The number of hydrogen-bond donors (Lipinski definition) is 1. The van der Waals surface area contributed by atoms with E-state index in [1.807, 2.05) is 45.2 Å². The minimum absolute atomic E-state index is 0.00817. The van der Waals surface area contributed by atoms with Crippen LogP contribution in [0.1, 0.15) is 44.8 Å².